The molecule has 0 saturated carbocycles. The Kier molecular flexibility index (Phi) is 4.04. The Balaban J connectivity index is 2.05. The molecule has 4 nitrogen and oxygen atoms in total. The van der Waals surface area contributed by atoms with Crippen LogP contribution in [0.5, 0.6) is 0 Å². The Hall–Kier alpha value is -0.610. The van der Waals surface area contributed by atoms with Crippen LogP contribution in [0.2, 0.25) is 0 Å². The molecule has 0 bridgehead atoms. The maximum absolute atomic E-state index is 9.82. The number of aliphatic hydroxyl groups excluding tert-OH is 1. The van der Waals surface area contributed by atoms with Crippen LogP contribution in [-0.4, -0.2) is 48.8 Å². The highest BCUT2D eigenvalue weighted by molar-refractivity contribution is 5.36. The normalized spacial score (nSPS) is 20.8. The summed E-state index contributed by atoms with van der Waals surface area (Å²) in [6.07, 6.45) is 1.54. The average Bonchev–Trinajstić information content (AvgIpc) is 2.09. The first-order chi connectivity index (χ1) is 5.83. The summed E-state index contributed by atoms with van der Waals surface area (Å²) in [6.45, 7) is 3.52. The van der Waals surface area contributed by atoms with E-state index in [1.807, 2.05) is 0 Å². The molecule has 0 aromatic heterocycles. The van der Waals surface area contributed by atoms with E-state index in [1.54, 1.807) is 0 Å². The van der Waals surface area contributed by atoms with Crippen molar-refractivity contribution in [2.75, 3.05) is 26.2 Å². The summed E-state index contributed by atoms with van der Waals surface area (Å²) in [7, 11) is 0. The number of hydrogen-bond acceptors (Lipinski definition) is 4. The smallest absolute Gasteiger partial charge is 0.293 e. The number of rotatable bonds is 4. The molecule has 0 radical (unpaired) electrons. The quantitative estimate of drug-likeness (QED) is 0.465. The molecule has 1 saturated heterocycles. The molecule has 12 heavy (non-hydrogen) atoms. The first kappa shape index (κ1) is 9.48. The van der Waals surface area contributed by atoms with Gasteiger partial charge in [0.05, 0.1) is 6.10 Å². The molecule has 4 heteroatoms. The lowest BCUT2D eigenvalue weighted by Gasteiger charge is -2.28. The number of nitrogens with zero attached hydrogens (tertiary/aromatic N) is 1. The van der Waals surface area contributed by atoms with E-state index >= 15 is 0 Å². The molecule has 0 aliphatic carbocycles. The molecule has 0 unspecified atom stereocenters. The Morgan fingerprint density at radius 2 is 2.17 bits per heavy atom. The minimum atomic E-state index is -0.131. The number of likely N-dealkylation sites (tertiary alicyclic amines) is 1. The van der Waals surface area contributed by atoms with E-state index in [2.05, 4.69) is 9.64 Å². The second kappa shape index (κ2) is 5.11. The topological polar surface area (TPSA) is 49.8 Å². The molecule has 0 aromatic carbocycles. The zero-order valence-corrected chi connectivity index (χ0v) is 7.11. The molecule has 1 aliphatic rings. The molecule has 0 amide bonds. The Morgan fingerprint density at radius 1 is 1.50 bits per heavy atom. The molecular weight excluding hydrogens is 158 g/mol. The number of aliphatic hydroxyl groups is 1. The van der Waals surface area contributed by atoms with Crippen LogP contribution in [0.3, 0.4) is 0 Å². The Labute approximate surface area is 72.1 Å². The fourth-order valence-electron chi connectivity index (χ4n) is 1.37. The maximum atomic E-state index is 9.82. The van der Waals surface area contributed by atoms with Crippen LogP contribution in [0.25, 0.3) is 0 Å². The van der Waals surface area contributed by atoms with E-state index in [1.165, 1.54) is 0 Å². The van der Waals surface area contributed by atoms with Crippen LogP contribution in [0.4, 0.5) is 0 Å². The third-order valence-electron chi connectivity index (χ3n) is 2.15. The van der Waals surface area contributed by atoms with Crippen molar-refractivity contribution in [2.45, 2.75) is 18.9 Å². The summed E-state index contributed by atoms with van der Waals surface area (Å²) in [5.41, 5.74) is 0. The van der Waals surface area contributed by atoms with Crippen LogP contribution in [0.15, 0.2) is 0 Å². The molecule has 1 aliphatic heterocycles. The number of ether oxygens (including phenoxy) is 1. The van der Waals surface area contributed by atoms with Crippen molar-refractivity contribution in [3.8, 4) is 0 Å². The molecule has 0 spiro atoms. The van der Waals surface area contributed by atoms with Crippen molar-refractivity contribution in [2.24, 2.45) is 0 Å². The summed E-state index contributed by atoms with van der Waals surface area (Å²) >= 11 is 0. The Morgan fingerprint density at radius 3 is 2.75 bits per heavy atom. The molecule has 0 aromatic rings. The molecule has 1 fully saturated rings. The predicted molar refractivity (Wildman–Crippen MR) is 43.7 cm³/mol. The van der Waals surface area contributed by atoms with E-state index in [0.29, 0.717) is 13.1 Å². The summed E-state index contributed by atoms with van der Waals surface area (Å²) in [6, 6.07) is 0. The zero-order chi connectivity index (χ0) is 8.81. The van der Waals surface area contributed by atoms with E-state index in [0.717, 1.165) is 32.5 Å². The monoisotopic (exact) mass is 173 g/mol. The SMILES string of the molecule is O=COCCN1CCC(O)CC1. The highest BCUT2D eigenvalue weighted by Crippen LogP contribution is 2.08. The van der Waals surface area contributed by atoms with Gasteiger partial charge >= 0.3 is 0 Å². The average molecular weight is 173 g/mol. The largest absolute Gasteiger partial charge is 0.467 e. The van der Waals surface area contributed by atoms with Gasteiger partial charge in [0, 0.05) is 19.6 Å². The standard InChI is InChI=1S/C8H15NO3/c10-7-12-6-5-9-3-1-8(11)2-4-9/h7-8,11H,1-6H2. The summed E-state index contributed by atoms with van der Waals surface area (Å²) < 4.78 is 4.58. The van der Waals surface area contributed by atoms with Gasteiger partial charge in [0.2, 0.25) is 0 Å². The highest BCUT2D eigenvalue weighted by atomic mass is 16.5. The van der Waals surface area contributed by atoms with Crippen molar-refractivity contribution < 1.29 is 14.6 Å². The summed E-state index contributed by atoms with van der Waals surface area (Å²) in [5, 5.41) is 9.18. The van der Waals surface area contributed by atoms with Crippen LogP contribution < -0.4 is 0 Å². The molecule has 1 heterocycles. The minimum absolute atomic E-state index is 0.131. The molecule has 1 rings (SSSR count). The van der Waals surface area contributed by atoms with E-state index < -0.39 is 0 Å². The predicted octanol–water partition coefficient (Wildman–Crippen LogP) is -0.384. The fourth-order valence-corrected chi connectivity index (χ4v) is 1.37. The second-order valence-electron chi connectivity index (χ2n) is 3.04. The first-order valence-corrected chi connectivity index (χ1v) is 4.28. The van der Waals surface area contributed by atoms with E-state index in [-0.39, 0.29) is 6.10 Å². The van der Waals surface area contributed by atoms with Crippen LogP contribution in [0.1, 0.15) is 12.8 Å². The van der Waals surface area contributed by atoms with Gasteiger partial charge in [-0.1, -0.05) is 0 Å². The Bertz CT molecular complexity index is 132. The van der Waals surface area contributed by atoms with Gasteiger partial charge in [-0.25, -0.2) is 0 Å². The van der Waals surface area contributed by atoms with Crippen molar-refractivity contribution in [1.29, 1.82) is 0 Å². The third-order valence-corrected chi connectivity index (χ3v) is 2.15. The fraction of sp³-hybridized carbons (Fsp3) is 0.875. The van der Waals surface area contributed by atoms with Gasteiger partial charge in [-0.2, -0.15) is 0 Å². The maximum Gasteiger partial charge on any atom is 0.293 e. The van der Waals surface area contributed by atoms with E-state index in [9.17, 15) is 9.90 Å². The van der Waals surface area contributed by atoms with Crippen LogP contribution >= 0.6 is 0 Å². The number of piperidine rings is 1. The minimum Gasteiger partial charge on any atom is -0.467 e. The van der Waals surface area contributed by atoms with Crippen molar-refractivity contribution in [3.05, 3.63) is 0 Å². The number of carbonyl (C=O) groups is 1. The van der Waals surface area contributed by atoms with Crippen LogP contribution in [-0.2, 0) is 9.53 Å². The van der Waals surface area contributed by atoms with Gasteiger partial charge in [-0.05, 0) is 12.8 Å². The third kappa shape index (κ3) is 3.19. The number of carbonyl (C=O) groups excluding carboxylic acids is 1. The van der Waals surface area contributed by atoms with Gasteiger partial charge in [0.25, 0.3) is 6.47 Å². The van der Waals surface area contributed by atoms with Crippen molar-refractivity contribution in [1.82, 2.24) is 4.90 Å². The summed E-state index contributed by atoms with van der Waals surface area (Å²) in [4.78, 5) is 12.0. The molecule has 70 valence electrons. The zero-order valence-electron chi connectivity index (χ0n) is 7.11. The van der Waals surface area contributed by atoms with Crippen molar-refractivity contribution >= 4 is 6.47 Å². The van der Waals surface area contributed by atoms with Gasteiger partial charge in [-0.15, -0.1) is 0 Å². The molecular formula is C8H15NO3. The first-order valence-electron chi connectivity index (χ1n) is 4.28. The lowest BCUT2D eigenvalue weighted by molar-refractivity contribution is -0.129. The van der Waals surface area contributed by atoms with Crippen LogP contribution in [0, 0.1) is 0 Å². The molecule has 1 N–H and O–H groups in total. The lowest BCUT2D eigenvalue weighted by atomic mass is 10.1. The second-order valence-corrected chi connectivity index (χ2v) is 3.04. The van der Waals surface area contributed by atoms with Crippen molar-refractivity contribution in [3.63, 3.8) is 0 Å². The van der Waals surface area contributed by atoms with Gasteiger partial charge < -0.3 is 9.84 Å². The van der Waals surface area contributed by atoms with Gasteiger partial charge in [0.1, 0.15) is 6.61 Å². The van der Waals surface area contributed by atoms with Gasteiger partial charge in [0.15, 0.2) is 0 Å². The lowest BCUT2D eigenvalue weighted by Crippen LogP contribution is -2.37. The number of hydrogen-bond donors (Lipinski definition) is 1. The molecule has 0 atom stereocenters. The summed E-state index contributed by atoms with van der Waals surface area (Å²) in [5.74, 6) is 0. The highest BCUT2D eigenvalue weighted by Gasteiger charge is 2.15. The van der Waals surface area contributed by atoms with E-state index in [4.69, 9.17) is 0 Å². The van der Waals surface area contributed by atoms with Gasteiger partial charge in [-0.3, -0.25) is 9.69 Å².